The molecule has 1 rings (SSSR count). The minimum absolute atomic E-state index is 0.403. The molecule has 1 aromatic rings. The van der Waals surface area contributed by atoms with Gasteiger partial charge in [0.1, 0.15) is 5.69 Å². The van der Waals surface area contributed by atoms with Gasteiger partial charge in [-0.2, -0.15) is 0 Å². The number of carboxylic acid groups (broad SMARTS) is 1. The number of esters is 1. The van der Waals surface area contributed by atoms with Crippen molar-refractivity contribution in [3.8, 4) is 0 Å². The second kappa shape index (κ2) is 4.83. The molecule has 0 radical (unpaired) electrons. The van der Waals surface area contributed by atoms with E-state index < -0.39 is 17.9 Å². The van der Waals surface area contributed by atoms with E-state index >= 15 is 0 Å². The molecule has 16 heavy (non-hydrogen) atoms. The summed E-state index contributed by atoms with van der Waals surface area (Å²) >= 11 is 0. The highest BCUT2D eigenvalue weighted by molar-refractivity contribution is 5.88. The third kappa shape index (κ3) is 2.62. The fourth-order valence-electron chi connectivity index (χ4n) is 1.49. The van der Waals surface area contributed by atoms with E-state index in [4.69, 9.17) is 5.11 Å². The Kier molecular flexibility index (Phi) is 3.71. The summed E-state index contributed by atoms with van der Waals surface area (Å²) in [6.07, 6.45) is 2.14. The van der Waals surface area contributed by atoms with Gasteiger partial charge in [-0.3, -0.25) is 4.79 Å². The first-order valence-electron chi connectivity index (χ1n) is 4.92. The first-order chi connectivity index (χ1) is 7.45. The smallest absolute Gasteiger partial charge is 0.354 e. The highest BCUT2D eigenvalue weighted by Gasteiger charge is 2.16. The molecule has 0 fully saturated rings. The van der Waals surface area contributed by atoms with Crippen LogP contribution in [0.3, 0.4) is 0 Å². The van der Waals surface area contributed by atoms with Crippen LogP contribution in [0.15, 0.2) is 12.3 Å². The number of rotatable bonds is 4. The van der Waals surface area contributed by atoms with Crippen LogP contribution in [0, 0.1) is 5.92 Å². The summed E-state index contributed by atoms with van der Waals surface area (Å²) < 4.78 is 6.24. The molecule has 0 aromatic carbocycles. The van der Waals surface area contributed by atoms with Crippen LogP contribution in [0.1, 0.15) is 23.0 Å². The summed E-state index contributed by atoms with van der Waals surface area (Å²) in [5.41, 5.74) is 1.24. The summed E-state index contributed by atoms with van der Waals surface area (Å²) in [5, 5.41) is 8.78. The van der Waals surface area contributed by atoms with Gasteiger partial charge in [0.2, 0.25) is 0 Å². The van der Waals surface area contributed by atoms with Crippen LogP contribution in [0.5, 0.6) is 0 Å². The molecule has 0 saturated carbocycles. The molecule has 0 bridgehead atoms. The van der Waals surface area contributed by atoms with Gasteiger partial charge in [-0.1, -0.05) is 6.92 Å². The number of ether oxygens (including phenoxy) is 1. The largest absolute Gasteiger partial charge is 0.481 e. The minimum Gasteiger partial charge on any atom is -0.481 e. The maximum atomic E-state index is 11.3. The van der Waals surface area contributed by atoms with Crippen molar-refractivity contribution in [2.45, 2.75) is 13.3 Å². The van der Waals surface area contributed by atoms with Gasteiger partial charge in [-0.15, -0.1) is 0 Å². The number of nitrogens with zero attached hydrogens (tertiary/aromatic N) is 1. The van der Waals surface area contributed by atoms with Gasteiger partial charge < -0.3 is 14.4 Å². The first kappa shape index (κ1) is 12.3. The quantitative estimate of drug-likeness (QED) is 0.778. The van der Waals surface area contributed by atoms with E-state index in [-0.39, 0.29) is 0 Å². The van der Waals surface area contributed by atoms with Crippen LogP contribution < -0.4 is 0 Å². The van der Waals surface area contributed by atoms with E-state index in [0.717, 1.165) is 5.56 Å². The Morgan fingerprint density at radius 2 is 2.19 bits per heavy atom. The third-order valence-electron chi connectivity index (χ3n) is 2.42. The molecular weight excluding hydrogens is 210 g/mol. The van der Waals surface area contributed by atoms with Crippen LogP contribution in [-0.2, 0) is 23.0 Å². The second-order valence-electron chi connectivity index (χ2n) is 3.78. The number of hydrogen-bond donors (Lipinski definition) is 1. The van der Waals surface area contributed by atoms with Crippen molar-refractivity contribution >= 4 is 11.9 Å². The Labute approximate surface area is 93.6 Å². The lowest BCUT2D eigenvalue weighted by molar-refractivity contribution is -0.141. The molecule has 1 aromatic heterocycles. The zero-order chi connectivity index (χ0) is 12.3. The van der Waals surface area contributed by atoms with Crippen molar-refractivity contribution in [2.24, 2.45) is 13.0 Å². The van der Waals surface area contributed by atoms with Crippen molar-refractivity contribution < 1.29 is 19.4 Å². The first-order valence-corrected chi connectivity index (χ1v) is 4.92. The number of aryl methyl sites for hydroxylation is 1. The standard InChI is InChI=1S/C11H15NO4/c1-7(10(13)14)4-8-5-9(11(15)16-3)12(2)6-8/h5-7H,4H2,1-3H3,(H,13,14). The molecule has 88 valence electrons. The summed E-state index contributed by atoms with van der Waals surface area (Å²) in [4.78, 5) is 22.0. The van der Waals surface area contributed by atoms with Crippen molar-refractivity contribution in [1.29, 1.82) is 0 Å². The van der Waals surface area contributed by atoms with E-state index in [2.05, 4.69) is 4.74 Å². The van der Waals surface area contributed by atoms with Gasteiger partial charge in [-0.25, -0.2) is 4.79 Å². The normalized spacial score (nSPS) is 12.2. The van der Waals surface area contributed by atoms with Crippen molar-refractivity contribution in [3.05, 3.63) is 23.5 Å². The number of methoxy groups -OCH3 is 1. The summed E-state index contributed by atoms with van der Waals surface area (Å²) in [6, 6.07) is 1.66. The number of carboxylic acids is 1. The molecule has 0 saturated heterocycles. The van der Waals surface area contributed by atoms with E-state index in [9.17, 15) is 9.59 Å². The van der Waals surface area contributed by atoms with Gasteiger partial charge in [-0.05, 0) is 18.1 Å². The highest BCUT2D eigenvalue weighted by Crippen LogP contribution is 2.13. The molecule has 5 heteroatoms. The number of carbonyl (C=O) groups excluding carboxylic acids is 1. The average molecular weight is 225 g/mol. The summed E-state index contributed by atoms with van der Waals surface area (Å²) in [6.45, 7) is 1.63. The van der Waals surface area contributed by atoms with Gasteiger partial charge in [0, 0.05) is 13.2 Å². The Hall–Kier alpha value is -1.78. The average Bonchev–Trinajstić information content (AvgIpc) is 2.58. The fourth-order valence-corrected chi connectivity index (χ4v) is 1.49. The molecule has 1 atom stereocenters. The molecule has 1 N–H and O–H groups in total. The maximum Gasteiger partial charge on any atom is 0.354 e. The molecule has 5 nitrogen and oxygen atoms in total. The van der Waals surface area contributed by atoms with Crippen molar-refractivity contribution in [3.63, 3.8) is 0 Å². The van der Waals surface area contributed by atoms with E-state index in [1.807, 2.05) is 0 Å². The number of carbonyl (C=O) groups is 2. The third-order valence-corrected chi connectivity index (χ3v) is 2.42. The summed E-state index contributed by atoms with van der Waals surface area (Å²) in [7, 11) is 3.04. The Morgan fingerprint density at radius 1 is 1.56 bits per heavy atom. The Balaban J connectivity index is 2.85. The number of aliphatic carboxylic acids is 1. The maximum absolute atomic E-state index is 11.3. The highest BCUT2D eigenvalue weighted by atomic mass is 16.5. The molecular formula is C11H15NO4. The van der Waals surface area contributed by atoms with Gasteiger partial charge in [0.25, 0.3) is 0 Å². The molecule has 0 spiro atoms. The van der Waals surface area contributed by atoms with Crippen LogP contribution in [0.2, 0.25) is 0 Å². The van der Waals surface area contributed by atoms with Crippen LogP contribution in [0.4, 0.5) is 0 Å². The van der Waals surface area contributed by atoms with Crippen molar-refractivity contribution in [1.82, 2.24) is 4.57 Å². The molecule has 0 aliphatic rings. The number of aromatic nitrogens is 1. The minimum atomic E-state index is -0.844. The predicted octanol–water partition coefficient (Wildman–Crippen LogP) is 1.07. The zero-order valence-corrected chi connectivity index (χ0v) is 9.56. The number of hydrogen-bond acceptors (Lipinski definition) is 3. The predicted molar refractivity (Wildman–Crippen MR) is 57.3 cm³/mol. The lowest BCUT2D eigenvalue weighted by Gasteiger charge is -2.02. The molecule has 1 heterocycles. The van der Waals surface area contributed by atoms with Crippen LogP contribution in [-0.4, -0.2) is 28.7 Å². The molecule has 0 aliphatic heterocycles. The second-order valence-corrected chi connectivity index (χ2v) is 3.78. The lowest BCUT2D eigenvalue weighted by atomic mass is 10.0. The van der Waals surface area contributed by atoms with Gasteiger partial charge in [0.05, 0.1) is 13.0 Å². The SMILES string of the molecule is COC(=O)c1cc(CC(C)C(=O)O)cn1C. The van der Waals surface area contributed by atoms with Crippen LogP contribution in [0.25, 0.3) is 0 Å². The van der Waals surface area contributed by atoms with E-state index in [1.54, 1.807) is 30.8 Å². The fraction of sp³-hybridized carbons (Fsp3) is 0.455. The Morgan fingerprint density at radius 3 is 2.69 bits per heavy atom. The van der Waals surface area contributed by atoms with Gasteiger partial charge >= 0.3 is 11.9 Å². The molecule has 0 aliphatic carbocycles. The molecule has 1 unspecified atom stereocenters. The van der Waals surface area contributed by atoms with E-state index in [0.29, 0.717) is 12.1 Å². The zero-order valence-electron chi connectivity index (χ0n) is 9.56. The molecule has 0 amide bonds. The van der Waals surface area contributed by atoms with Crippen LogP contribution >= 0.6 is 0 Å². The lowest BCUT2D eigenvalue weighted by Crippen LogP contribution is -2.11. The van der Waals surface area contributed by atoms with E-state index in [1.165, 1.54) is 7.11 Å². The topological polar surface area (TPSA) is 68.5 Å². The summed E-state index contributed by atoms with van der Waals surface area (Å²) in [5.74, 6) is -1.73. The Bertz CT molecular complexity index is 408. The van der Waals surface area contributed by atoms with Crippen molar-refractivity contribution in [2.75, 3.05) is 7.11 Å². The monoisotopic (exact) mass is 225 g/mol. The van der Waals surface area contributed by atoms with Gasteiger partial charge in [0.15, 0.2) is 0 Å².